The van der Waals surface area contributed by atoms with Crippen LogP contribution < -0.4 is 0 Å². The fraction of sp³-hybridized carbons (Fsp3) is 0. The van der Waals surface area contributed by atoms with Gasteiger partial charge in [0.2, 0.25) is 0 Å². The molecule has 9 aromatic rings. The summed E-state index contributed by atoms with van der Waals surface area (Å²) < 4.78 is 2.26. The Hall–Kier alpha value is -6.94. The molecule has 0 aliphatic rings. The van der Waals surface area contributed by atoms with Gasteiger partial charge in [0.15, 0.2) is 0 Å². The van der Waals surface area contributed by atoms with Crippen LogP contribution in [0.2, 0.25) is 0 Å². The maximum Gasteiger partial charge on any atom is 0.0992 e. The van der Waals surface area contributed by atoms with Crippen molar-refractivity contribution in [3.63, 3.8) is 0 Å². The minimum Gasteiger partial charge on any atom is -0.309 e. The molecule has 0 bridgehead atoms. The van der Waals surface area contributed by atoms with Crippen LogP contribution in [0.3, 0.4) is 0 Å². The molecule has 0 spiro atoms. The van der Waals surface area contributed by atoms with Crippen molar-refractivity contribution in [3.05, 3.63) is 175 Å². The number of hydrogen-bond acceptors (Lipinski definition) is 2. The predicted octanol–water partition coefficient (Wildman–Crippen LogP) is 11.8. The first-order valence-electron chi connectivity index (χ1n) is 16.3. The number of hydrogen-bond donors (Lipinski definition) is 0. The first-order valence-corrected chi connectivity index (χ1v) is 16.3. The minimum absolute atomic E-state index is 0.599. The molecular formula is C46H27N3. The van der Waals surface area contributed by atoms with E-state index in [9.17, 15) is 10.5 Å². The van der Waals surface area contributed by atoms with E-state index in [4.69, 9.17) is 0 Å². The van der Waals surface area contributed by atoms with Crippen molar-refractivity contribution in [1.29, 1.82) is 10.5 Å². The summed E-state index contributed by atoms with van der Waals surface area (Å²) in [5, 5.41) is 26.9. The Labute approximate surface area is 283 Å². The van der Waals surface area contributed by atoms with E-state index >= 15 is 0 Å². The highest BCUT2D eigenvalue weighted by atomic mass is 15.0. The Kier molecular flexibility index (Phi) is 6.58. The molecule has 3 heteroatoms. The zero-order valence-corrected chi connectivity index (χ0v) is 26.4. The molecule has 0 atom stereocenters. The molecule has 226 valence electrons. The van der Waals surface area contributed by atoms with E-state index in [-0.39, 0.29) is 0 Å². The van der Waals surface area contributed by atoms with Crippen LogP contribution >= 0.6 is 0 Å². The van der Waals surface area contributed by atoms with E-state index in [1.54, 1.807) is 0 Å². The molecule has 0 amide bonds. The summed E-state index contributed by atoms with van der Waals surface area (Å²) in [6, 6.07) is 61.4. The third-order valence-corrected chi connectivity index (χ3v) is 9.59. The van der Waals surface area contributed by atoms with Gasteiger partial charge < -0.3 is 4.57 Å². The Morgan fingerprint density at radius 1 is 0.347 bits per heavy atom. The Bertz CT molecular complexity index is 2790. The second-order valence-corrected chi connectivity index (χ2v) is 12.4. The van der Waals surface area contributed by atoms with Crippen molar-refractivity contribution in [2.45, 2.75) is 0 Å². The molecule has 8 aromatic carbocycles. The molecule has 0 fully saturated rings. The summed E-state index contributed by atoms with van der Waals surface area (Å²) in [7, 11) is 0. The van der Waals surface area contributed by atoms with Gasteiger partial charge in [-0.3, -0.25) is 0 Å². The lowest BCUT2D eigenvalue weighted by Crippen LogP contribution is -1.96. The number of rotatable bonds is 4. The van der Waals surface area contributed by atoms with E-state index in [0.717, 1.165) is 71.6 Å². The summed E-state index contributed by atoms with van der Waals surface area (Å²) in [5.74, 6) is 0. The van der Waals surface area contributed by atoms with Gasteiger partial charge in [0, 0.05) is 16.5 Å². The maximum atomic E-state index is 10.2. The van der Waals surface area contributed by atoms with Crippen LogP contribution in [0, 0.1) is 22.7 Å². The number of fused-ring (bicyclic) bond motifs is 5. The average Bonchev–Trinajstić information content (AvgIpc) is 3.51. The van der Waals surface area contributed by atoms with Crippen molar-refractivity contribution in [2.75, 3.05) is 0 Å². The third-order valence-electron chi connectivity index (χ3n) is 9.59. The van der Waals surface area contributed by atoms with Gasteiger partial charge in [0.25, 0.3) is 0 Å². The topological polar surface area (TPSA) is 52.5 Å². The fourth-order valence-corrected chi connectivity index (χ4v) is 7.50. The Morgan fingerprint density at radius 3 is 1.57 bits per heavy atom. The molecule has 0 aliphatic heterocycles. The van der Waals surface area contributed by atoms with Crippen molar-refractivity contribution in [3.8, 4) is 51.2 Å². The van der Waals surface area contributed by atoms with Crippen LogP contribution in [-0.2, 0) is 0 Å². The van der Waals surface area contributed by atoms with E-state index in [1.165, 1.54) is 10.8 Å². The molecule has 0 unspecified atom stereocenters. The van der Waals surface area contributed by atoms with Crippen molar-refractivity contribution < 1.29 is 0 Å². The predicted molar refractivity (Wildman–Crippen MR) is 202 cm³/mol. The van der Waals surface area contributed by atoms with Gasteiger partial charge in [-0.2, -0.15) is 10.5 Å². The average molecular weight is 622 g/mol. The van der Waals surface area contributed by atoms with Crippen molar-refractivity contribution in [2.24, 2.45) is 0 Å². The molecule has 9 rings (SSSR count). The monoisotopic (exact) mass is 621 g/mol. The maximum absolute atomic E-state index is 10.2. The van der Waals surface area contributed by atoms with Gasteiger partial charge in [-0.05, 0) is 103 Å². The molecule has 49 heavy (non-hydrogen) atoms. The summed E-state index contributed by atoms with van der Waals surface area (Å²) in [4.78, 5) is 0. The number of nitrogens with zero attached hydrogens (tertiary/aromatic N) is 3. The van der Waals surface area contributed by atoms with Gasteiger partial charge >= 0.3 is 0 Å². The highest BCUT2D eigenvalue weighted by Crippen LogP contribution is 2.44. The highest BCUT2D eigenvalue weighted by molar-refractivity contribution is 6.21. The number of aromatic nitrogens is 1. The van der Waals surface area contributed by atoms with Gasteiger partial charge in [-0.1, -0.05) is 115 Å². The number of nitriles is 2. The summed E-state index contributed by atoms with van der Waals surface area (Å²) in [6.07, 6.45) is 0. The van der Waals surface area contributed by atoms with Crippen LogP contribution in [0.4, 0.5) is 0 Å². The number of para-hydroxylation sites is 2. The normalized spacial score (nSPS) is 11.2. The van der Waals surface area contributed by atoms with Crippen LogP contribution in [0.15, 0.2) is 164 Å². The fourth-order valence-electron chi connectivity index (χ4n) is 7.50. The van der Waals surface area contributed by atoms with Crippen LogP contribution in [0.1, 0.15) is 11.1 Å². The lowest BCUT2D eigenvalue weighted by atomic mass is 9.85. The van der Waals surface area contributed by atoms with Crippen LogP contribution in [-0.4, -0.2) is 4.57 Å². The smallest absolute Gasteiger partial charge is 0.0992 e. The summed E-state index contributed by atoms with van der Waals surface area (Å²) in [6.45, 7) is 0. The third kappa shape index (κ3) is 4.57. The van der Waals surface area contributed by atoms with Crippen molar-refractivity contribution >= 4 is 43.4 Å². The van der Waals surface area contributed by atoms with Gasteiger partial charge in [0.05, 0.1) is 34.3 Å². The van der Waals surface area contributed by atoms with Crippen LogP contribution in [0.5, 0.6) is 0 Å². The first kappa shape index (κ1) is 28.3. The Morgan fingerprint density at radius 2 is 0.898 bits per heavy atom. The minimum atomic E-state index is 0.599. The van der Waals surface area contributed by atoms with Crippen molar-refractivity contribution in [1.82, 2.24) is 4.57 Å². The summed E-state index contributed by atoms with van der Waals surface area (Å²) in [5.41, 5.74) is 10.8. The molecule has 3 nitrogen and oxygen atoms in total. The van der Waals surface area contributed by atoms with E-state index in [2.05, 4.69) is 150 Å². The Balaban J connectivity index is 1.29. The molecule has 0 saturated heterocycles. The molecule has 0 radical (unpaired) electrons. The van der Waals surface area contributed by atoms with Gasteiger partial charge in [0.1, 0.15) is 0 Å². The second-order valence-electron chi connectivity index (χ2n) is 12.4. The van der Waals surface area contributed by atoms with Gasteiger partial charge in [-0.25, -0.2) is 0 Å². The molecule has 0 N–H and O–H groups in total. The van der Waals surface area contributed by atoms with E-state index < -0.39 is 0 Å². The van der Waals surface area contributed by atoms with E-state index in [1.807, 2.05) is 30.3 Å². The molecule has 1 heterocycles. The quantitative estimate of drug-likeness (QED) is 0.184. The number of benzene rings is 8. The second kappa shape index (κ2) is 11.4. The summed E-state index contributed by atoms with van der Waals surface area (Å²) >= 11 is 0. The highest BCUT2D eigenvalue weighted by Gasteiger charge is 2.18. The standard InChI is InChI=1S/C46H27N3/c47-28-30-21-22-41-42(25-30)46(40-18-5-4-17-39(40)45(41)32-11-2-1-3-12-32)34-14-10-13-33(26-34)35-23-31(29-48)24-36(27-35)49-43-19-8-6-15-37(43)38-16-7-9-20-44(38)49/h1-27H. The first-order chi connectivity index (χ1) is 24.2. The molecule has 1 aromatic heterocycles. The lowest BCUT2D eigenvalue weighted by Gasteiger charge is -2.18. The zero-order valence-electron chi connectivity index (χ0n) is 26.4. The molecule has 0 saturated carbocycles. The van der Waals surface area contributed by atoms with Gasteiger partial charge in [-0.15, -0.1) is 0 Å². The molecule has 0 aliphatic carbocycles. The molecular weight excluding hydrogens is 595 g/mol. The van der Waals surface area contributed by atoms with Crippen LogP contribution in [0.25, 0.3) is 82.4 Å². The SMILES string of the molecule is N#Cc1cc(-c2cccc(-c3c4ccccc4c(-c4ccccc4)c4ccc(C#N)cc34)c2)cc(-n2c3ccccc3c3ccccc32)c1. The van der Waals surface area contributed by atoms with E-state index in [0.29, 0.717) is 11.1 Å². The lowest BCUT2D eigenvalue weighted by molar-refractivity contribution is 1.18. The largest absolute Gasteiger partial charge is 0.309 e. The zero-order chi connectivity index (χ0) is 32.9.